The molecule has 1 aromatic rings. The van der Waals surface area contributed by atoms with E-state index in [0.29, 0.717) is 30.5 Å². The number of allylic oxidation sites excluding steroid dienone is 3. The summed E-state index contributed by atoms with van der Waals surface area (Å²) in [7, 11) is 1.99. The van der Waals surface area contributed by atoms with Crippen LogP contribution in [-0.4, -0.2) is 64.1 Å². The largest absolute Gasteiger partial charge is 0.388 e. The molecule has 1 fully saturated rings. The maximum atomic E-state index is 9.96. The van der Waals surface area contributed by atoms with Crippen molar-refractivity contribution in [3.63, 3.8) is 0 Å². The molecule has 3 N–H and O–H groups in total. The Labute approximate surface area is 184 Å². The molecule has 31 heavy (non-hydrogen) atoms. The Hall–Kier alpha value is -2.71. The second-order valence-corrected chi connectivity index (χ2v) is 7.88. The van der Waals surface area contributed by atoms with Crippen molar-refractivity contribution in [2.45, 2.75) is 58.2 Å². The molecule has 0 unspecified atom stereocenters. The molecule has 0 aromatic carbocycles. The lowest BCUT2D eigenvalue weighted by Gasteiger charge is -2.26. The predicted molar refractivity (Wildman–Crippen MR) is 123 cm³/mol. The second kappa shape index (κ2) is 10.5. The maximum Gasteiger partial charge on any atom is 0.0996 e. The summed E-state index contributed by atoms with van der Waals surface area (Å²) in [5.74, 6) is 0. The van der Waals surface area contributed by atoms with Crippen molar-refractivity contribution in [1.82, 2.24) is 20.0 Å². The maximum absolute atomic E-state index is 9.96. The average molecular weight is 427 g/mol. The topological polar surface area (TPSA) is 98.8 Å². The van der Waals surface area contributed by atoms with Gasteiger partial charge >= 0.3 is 0 Å². The standard InChI is InChI=1S/C23H34N6O2/c1-5-8-21-23(17-11-26-29(12-17)18(6-2)7-3)27-19(13-28(21)4)16(9-24)10-25-20-14-31-15-22(20)30/h8-13,18,20,22,24-25,30H,5-7,14-15H2,1-4H3/b16-10+,21-8-,24-9?/t20-,22-/m1/s1. The smallest absolute Gasteiger partial charge is 0.0996 e. The number of nitrogens with zero attached hydrogens (tertiary/aromatic N) is 4. The first kappa shape index (κ1) is 23.0. The van der Waals surface area contributed by atoms with Crippen LogP contribution in [0.4, 0.5) is 0 Å². The number of ether oxygens (including phenoxy) is 1. The third-order valence-electron chi connectivity index (χ3n) is 5.71. The van der Waals surface area contributed by atoms with Gasteiger partial charge in [-0.05, 0) is 19.3 Å². The Morgan fingerprint density at radius 1 is 1.35 bits per heavy atom. The van der Waals surface area contributed by atoms with Crippen molar-refractivity contribution >= 4 is 11.9 Å². The van der Waals surface area contributed by atoms with E-state index >= 15 is 0 Å². The summed E-state index contributed by atoms with van der Waals surface area (Å²) >= 11 is 0. The molecule has 0 radical (unpaired) electrons. The van der Waals surface area contributed by atoms with Crippen LogP contribution in [0.25, 0.3) is 0 Å². The van der Waals surface area contributed by atoms with Crippen LogP contribution in [0.3, 0.4) is 0 Å². The fraction of sp³-hybridized carbons (Fsp3) is 0.522. The molecule has 2 atom stereocenters. The monoisotopic (exact) mass is 426 g/mol. The lowest BCUT2D eigenvalue weighted by molar-refractivity contribution is 0.123. The summed E-state index contributed by atoms with van der Waals surface area (Å²) in [5, 5.41) is 25.6. The number of aliphatic imine (C=N–C) groups is 1. The molecular weight excluding hydrogens is 392 g/mol. The zero-order valence-electron chi connectivity index (χ0n) is 18.9. The lowest BCUT2D eigenvalue weighted by Crippen LogP contribution is -2.35. The Bertz CT molecular complexity index is 894. The van der Waals surface area contributed by atoms with Gasteiger partial charge in [0, 0.05) is 43.0 Å². The van der Waals surface area contributed by atoms with E-state index in [-0.39, 0.29) is 6.04 Å². The number of aliphatic hydroxyl groups excluding tert-OH is 1. The normalized spacial score (nSPS) is 23.4. The summed E-state index contributed by atoms with van der Waals surface area (Å²) in [4.78, 5) is 6.97. The van der Waals surface area contributed by atoms with E-state index in [1.54, 1.807) is 6.20 Å². The van der Waals surface area contributed by atoms with Crippen molar-refractivity contribution in [2.75, 3.05) is 20.3 Å². The highest BCUT2D eigenvalue weighted by atomic mass is 16.5. The molecule has 2 aliphatic rings. The third-order valence-corrected chi connectivity index (χ3v) is 5.71. The van der Waals surface area contributed by atoms with Crippen molar-refractivity contribution in [3.8, 4) is 0 Å². The first-order valence-corrected chi connectivity index (χ1v) is 11.0. The Morgan fingerprint density at radius 2 is 2.13 bits per heavy atom. The molecule has 0 amide bonds. The SMILES string of the molecule is CC/C=C1/C(c2cnn(C(CC)CC)c2)=NC(/C(C=N)=C/N[C@@H]2COC[C@H]2O)=CN1C. The van der Waals surface area contributed by atoms with Gasteiger partial charge in [-0.1, -0.05) is 26.8 Å². The number of hydrogen-bond donors (Lipinski definition) is 3. The van der Waals surface area contributed by atoms with E-state index in [0.717, 1.165) is 36.2 Å². The third kappa shape index (κ3) is 5.14. The van der Waals surface area contributed by atoms with Gasteiger partial charge in [0.05, 0.1) is 54.7 Å². The molecule has 0 spiro atoms. The van der Waals surface area contributed by atoms with Gasteiger partial charge < -0.3 is 25.5 Å². The van der Waals surface area contributed by atoms with Gasteiger partial charge in [0.1, 0.15) is 0 Å². The van der Waals surface area contributed by atoms with Crippen LogP contribution in [0.1, 0.15) is 51.6 Å². The molecule has 1 saturated heterocycles. The van der Waals surface area contributed by atoms with Crippen LogP contribution >= 0.6 is 0 Å². The number of rotatable bonds is 9. The van der Waals surface area contributed by atoms with Gasteiger partial charge in [0.2, 0.25) is 0 Å². The molecule has 2 aliphatic heterocycles. The molecule has 0 bridgehead atoms. The fourth-order valence-corrected chi connectivity index (χ4v) is 3.82. The van der Waals surface area contributed by atoms with Crippen molar-refractivity contribution in [1.29, 1.82) is 5.41 Å². The molecule has 1 aromatic heterocycles. The first-order chi connectivity index (χ1) is 15.0. The Morgan fingerprint density at radius 3 is 2.74 bits per heavy atom. The minimum absolute atomic E-state index is 0.186. The van der Waals surface area contributed by atoms with Crippen molar-refractivity contribution in [2.24, 2.45) is 4.99 Å². The Kier molecular flexibility index (Phi) is 7.81. The molecular formula is C23H34N6O2. The first-order valence-electron chi connectivity index (χ1n) is 11.0. The van der Waals surface area contributed by atoms with E-state index in [1.807, 2.05) is 29.0 Å². The summed E-state index contributed by atoms with van der Waals surface area (Å²) in [6.07, 6.45) is 13.4. The minimum atomic E-state index is -0.555. The van der Waals surface area contributed by atoms with Gasteiger partial charge in [-0.15, -0.1) is 0 Å². The van der Waals surface area contributed by atoms with Crippen molar-refractivity contribution < 1.29 is 9.84 Å². The molecule has 8 heteroatoms. The quantitative estimate of drug-likeness (QED) is 0.527. The number of aromatic nitrogens is 2. The van der Waals surface area contributed by atoms with Gasteiger partial charge in [-0.2, -0.15) is 5.10 Å². The molecule has 3 heterocycles. The second-order valence-electron chi connectivity index (χ2n) is 7.88. The number of nitrogens with one attached hydrogen (secondary N) is 2. The minimum Gasteiger partial charge on any atom is -0.388 e. The van der Waals surface area contributed by atoms with Crippen LogP contribution in [-0.2, 0) is 4.74 Å². The van der Waals surface area contributed by atoms with Gasteiger partial charge in [0.25, 0.3) is 0 Å². The molecule has 3 rings (SSSR count). The van der Waals surface area contributed by atoms with E-state index < -0.39 is 6.10 Å². The summed E-state index contributed by atoms with van der Waals surface area (Å²) < 4.78 is 7.31. The predicted octanol–water partition coefficient (Wildman–Crippen LogP) is 3.00. The van der Waals surface area contributed by atoms with Crippen LogP contribution in [0.2, 0.25) is 0 Å². The van der Waals surface area contributed by atoms with Crippen LogP contribution in [0.5, 0.6) is 0 Å². The Balaban J connectivity index is 1.94. The van der Waals surface area contributed by atoms with E-state index in [1.165, 1.54) is 6.21 Å². The molecule has 8 nitrogen and oxygen atoms in total. The zero-order valence-corrected chi connectivity index (χ0v) is 18.9. The molecule has 168 valence electrons. The molecule has 0 saturated carbocycles. The van der Waals surface area contributed by atoms with Crippen LogP contribution in [0, 0.1) is 5.41 Å². The summed E-state index contributed by atoms with van der Waals surface area (Å²) in [5.41, 5.74) is 4.13. The highest BCUT2D eigenvalue weighted by Gasteiger charge is 2.26. The number of likely N-dealkylation sites (N-methyl/N-ethyl adjacent to an activating group) is 1. The van der Waals surface area contributed by atoms with E-state index in [9.17, 15) is 5.11 Å². The van der Waals surface area contributed by atoms with Crippen LogP contribution in [0.15, 0.2) is 52.8 Å². The van der Waals surface area contributed by atoms with E-state index in [4.69, 9.17) is 15.1 Å². The van der Waals surface area contributed by atoms with Gasteiger partial charge in [-0.25, -0.2) is 4.99 Å². The number of hydrogen-bond acceptors (Lipinski definition) is 7. The fourth-order valence-electron chi connectivity index (χ4n) is 3.82. The van der Waals surface area contributed by atoms with Gasteiger partial charge in [-0.3, -0.25) is 4.68 Å². The van der Waals surface area contributed by atoms with Gasteiger partial charge in [0.15, 0.2) is 0 Å². The summed E-state index contributed by atoms with van der Waals surface area (Å²) in [6.45, 7) is 7.21. The van der Waals surface area contributed by atoms with E-state index in [2.05, 4.69) is 43.5 Å². The average Bonchev–Trinajstić information content (AvgIpc) is 3.41. The number of aliphatic hydroxyl groups is 1. The van der Waals surface area contributed by atoms with Crippen molar-refractivity contribution in [3.05, 3.63) is 53.4 Å². The zero-order chi connectivity index (χ0) is 22.4. The lowest BCUT2D eigenvalue weighted by atomic mass is 10.1. The summed E-state index contributed by atoms with van der Waals surface area (Å²) in [6, 6.07) is 0.180. The highest BCUT2D eigenvalue weighted by molar-refractivity contribution is 6.13. The van der Waals surface area contributed by atoms with Crippen LogP contribution < -0.4 is 5.32 Å². The highest BCUT2D eigenvalue weighted by Crippen LogP contribution is 2.26. The molecule has 0 aliphatic carbocycles.